The van der Waals surface area contributed by atoms with E-state index in [1.807, 2.05) is 6.92 Å². The molecule has 0 unspecified atom stereocenters. The largest absolute Gasteiger partial charge is 0.466 e. The Labute approximate surface area is 101 Å². The number of amides is 1. The van der Waals surface area contributed by atoms with Crippen molar-refractivity contribution >= 4 is 12.1 Å². The molecule has 0 spiro atoms. The fourth-order valence-electron chi connectivity index (χ4n) is 1.70. The molecule has 0 heterocycles. The number of allylic oxidation sites excluding steroid dienone is 1. The number of unbranched alkanes of at least 4 members (excludes halogenated alkanes) is 1. The number of carbonyl (C=O) groups excluding carboxylic acids is 2. The average molecular weight is 241 g/mol. The number of esters is 1. The molecule has 1 aliphatic carbocycles. The van der Waals surface area contributed by atoms with Gasteiger partial charge in [-0.2, -0.15) is 0 Å². The lowest BCUT2D eigenvalue weighted by atomic mass is 10.2. The summed E-state index contributed by atoms with van der Waals surface area (Å²) in [4.78, 5) is 22.8. The lowest BCUT2D eigenvalue weighted by Crippen LogP contribution is -2.25. The summed E-state index contributed by atoms with van der Waals surface area (Å²) in [6.45, 7) is 2.43. The molecule has 1 rings (SSSR count). The Morgan fingerprint density at radius 1 is 1.35 bits per heavy atom. The standard InChI is InChI=1S/C12H19NO4/c1-3-4-8-17-12(15)13-10-7-5-6-9(10)11(14)16-2/h3-8H2,1-2H3,(H,13,15). The predicted molar refractivity (Wildman–Crippen MR) is 62.3 cm³/mol. The van der Waals surface area contributed by atoms with E-state index < -0.39 is 6.09 Å². The first-order valence-electron chi connectivity index (χ1n) is 5.93. The monoisotopic (exact) mass is 241 g/mol. The fourth-order valence-corrected chi connectivity index (χ4v) is 1.70. The van der Waals surface area contributed by atoms with Crippen LogP contribution in [0.4, 0.5) is 4.79 Å². The second-order valence-corrected chi connectivity index (χ2v) is 3.92. The van der Waals surface area contributed by atoms with Crippen LogP contribution in [-0.4, -0.2) is 25.8 Å². The van der Waals surface area contributed by atoms with Gasteiger partial charge in [0, 0.05) is 5.70 Å². The van der Waals surface area contributed by atoms with Gasteiger partial charge < -0.3 is 9.47 Å². The first-order valence-corrected chi connectivity index (χ1v) is 5.93. The maximum Gasteiger partial charge on any atom is 0.411 e. The van der Waals surface area contributed by atoms with Crippen molar-refractivity contribution in [1.29, 1.82) is 0 Å². The highest BCUT2D eigenvalue weighted by Gasteiger charge is 2.23. The maximum atomic E-state index is 11.4. The highest BCUT2D eigenvalue weighted by Crippen LogP contribution is 2.24. The van der Waals surface area contributed by atoms with Crippen molar-refractivity contribution in [2.24, 2.45) is 0 Å². The molecule has 1 amide bonds. The van der Waals surface area contributed by atoms with Gasteiger partial charge in [0.05, 0.1) is 19.3 Å². The van der Waals surface area contributed by atoms with Crippen LogP contribution in [0.2, 0.25) is 0 Å². The average Bonchev–Trinajstić information content (AvgIpc) is 2.76. The maximum absolute atomic E-state index is 11.4. The van der Waals surface area contributed by atoms with Crippen LogP contribution >= 0.6 is 0 Å². The van der Waals surface area contributed by atoms with Gasteiger partial charge in [-0.25, -0.2) is 9.59 Å². The second kappa shape index (κ2) is 6.93. The van der Waals surface area contributed by atoms with Gasteiger partial charge in [0.2, 0.25) is 0 Å². The summed E-state index contributed by atoms with van der Waals surface area (Å²) in [5.74, 6) is -0.369. The predicted octanol–water partition coefficient (Wildman–Crippen LogP) is 2.12. The Morgan fingerprint density at radius 2 is 2.12 bits per heavy atom. The van der Waals surface area contributed by atoms with Gasteiger partial charge >= 0.3 is 12.1 Å². The van der Waals surface area contributed by atoms with E-state index in [2.05, 4.69) is 10.1 Å². The molecule has 0 atom stereocenters. The van der Waals surface area contributed by atoms with Crippen molar-refractivity contribution in [3.8, 4) is 0 Å². The Morgan fingerprint density at radius 3 is 2.76 bits per heavy atom. The SMILES string of the molecule is CCCCOC(=O)NC1=C(C(=O)OC)CCC1. The first kappa shape index (κ1) is 13.5. The summed E-state index contributed by atoms with van der Waals surface area (Å²) in [6, 6.07) is 0. The van der Waals surface area contributed by atoms with E-state index in [1.165, 1.54) is 7.11 Å². The normalized spacial score (nSPS) is 14.7. The molecule has 0 aromatic heterocycles. The third-order valence-electron chi connectivity index (χ3n) is 2.63. The third-order valence-corrected chi connectivity index (χ3v) is 2.63. The molecule has 5 nitrogen and oxygen atoms in total. The molecule has 17 heavy (non-hydrogen) atoms. The van der Waals surface area contributed by atoms with Gasteiger partial charge in [0.15, 0.2) is 0 Å². The zero-order chi connectivity index (χ0) is 12.7. The minimum absolute atomic E-state index is 0.369. The number of ether oxygens (including phenoxy) is 2. The Balaban J connectivity index is 2.48. The van der Waals surface area contributed by atoms with Gasteiger partial charge in [-0.15, -0.1) is 0 Å². The van der Waals surface area contributed by atoms with Gasteiger partial charge in [-0.3, -0.25) is 5.32 Å². The third kappa shape index (κ3) is 4.09. The van der Waals surface area contributed by atoms with Crippen molar-refractivity contribution in [2.75, 3.05) is 13.7 Å². The number of hydrogen-bond acceptors (Lipinski definition) is 4. The molecule has 96 valence electrons. The van der Waals surface area contributed by atoms with Gasteiger partial charge in [0.25, 0.3) is 0 Å². The van der Waals surface area contributed by atoms with Crippen LogP contribution in [0.3, 0.4) is 0 Å². The smallest absolute Gasteiger partial charge is 0.411 e. The molecule has 0 saturated carbocycles. The van der Waals surface area contributed by atoms with E-state index in [1.54, 1.807) is 0 Å². The van der Waals surface area contributed by atoms with Crippen LogP contribution in [0.5, 0.6) is 0 Å². The lowest BCUT2D eigenvalue weighted by molar-refractivity contribution is -0.136. The minimum atomic E-state index is -0.489. The van der Waals surface area contributed by atoms with Gasteiger partial charge in [0.1, 0.15) is 0 Å². The summed E-state index contributed by atoms with van der Waals surface area (Å²) in [7, 11) is 1.34. The number of alkyl carbamates (subject to hydrolysis) is 1. The Kier molecular flexibility index (Phi) is 5.52. The van der Waals surface area contributed by atoms with Crippen molar-refractivity contribution in [2.45, 2.75) is 39.0 Å². The number of hydrogen-bond donors (Lipinski definition) is 1. The lowest BCUT2D eigenvalue weighted by Gasteiger charge is -2.08. The van der Waals surface area contributed by atoms with Crippen LogP contribution in [0.25, 0.3) is 0 Å². The molecular weight excluding hydrogens is 222 g/mol. The highest BCUT2D eigenvalue weighted by molar-refractivity contribution is 5.90. The number of carbonyl (C=O) groups is 2. The molecular formula is C12H19NO4. The van der Waals surface area contributed by atoms with E-state index in [0.29, 0.717) is 30.7 Å². The summed E-state index contributed by atoms with van der Waals surface area (Å²) >= 11 is 0. The summed E-state index contributed by atoms with van der Waals surface area (Å²) in [5, 5.41) is 2.62. The van der Waals surface area contributed by atoms with Gasteiger partial charge in [-0.1, -0.05) is 13.3 Å². The first-order chi connectivity index (χ1) is 8.19. The summed E-state index contributed by atoms with van der Waals surface area (Å²) in [6.07, 6.45) is 3.52. The van der Waals surface area contributed by atoms with Crippen molar-refractivity contribution in [3.05, 3.63) is 11.3 Å². The quantitative estimate of drug-likeness (QED) is 0.591. The molecule has 0 bridgehead atoms. The second-order valence-electron chi connectivity index (χ2n) is 3.92. The van der Waals surface area contributed by atoms with Crippen LogP contribution in [0.1, 0.15) is 39.0 Å². The van der Waals surface area contributed by atoms with Crippen molar-refractivity contribution in [3.63, 3.8) is 0 Å². The van der Waals surface area contributed by atoms with Crippen molar-refractivity contribution < 1.29 is 19.1 Å². The summed E-state index contributed by atoms with van der Waals surface area (Å²) < 4.78 is 9.63. The summed E-state index contributed by atoms with van der Waals surface area (Å²) in [5.41, 5.74) is 1.19. The fraction of sp³-hybridized carbons (Fsp3) is 0.667. The van der Waals surface area contributed by atoms with Crippen LogP contribution in [0.15, 0.2) is 11.3 Å². The van der Waals surface area contributed by atoms with Crippen molar-refractivity contribution in [1.82, 2.24) is 5.32 Å². The minimum Gasteiger partial charge on any atom is -0.466 e. The van der Waals surface area contributed by atoms with E-state index in [9.17, 15) is 9.59 Å². The number of methoxy groups -OCH3 is 1. The van der Waals surface area contributed by atoms with E-state index in [4.69, 9.17) is 4.74 Å². The molecule has 1 N–H and O–H groups in total. The molecule has 0 radical (unpaired) electrons. The molecule has 0 fully saturated rings. The molecule has 0 aromatic carbocycles. The molecule has 0 aliphatic heterocycles. The van der Waals surface area contributed by atoms with Crippen LogP contribution in [-0.2, 0) is 14.3 Å². The topological polar surface area (TPSA) is 64.6 Å². The zero-order valence-corrected chi connectivity index (χ0v) is 10.4. The molecule has 0 saturated heterocycles. The van der Waals surface area contributed by atoms with E-state index in [0.717, 1.165) is 19.3 Å². The van der Waals surface area contributed by atoms with Crippen LogP contribution < -0.4 is 5.32 Å². The Hall–Kier alpha value is -1.52. The van der Waals surface area contributed by atoms with E-state index >= 15 is 0 Å². The van der Waals surface area contributed by atoms with Gasteiger partial charge in [-0.05, 0) is 25.7 Å². The van der Waals surface area contributed by atoms with Crippen LogP contribution in [0, 0.1) is 0 Å². The van der Waals surface area contributed by atoms with E-state index in [-0.39, 0.29) is 5.97 Å². The number of rotatable bonds is 5. The number of nitrogens with one attached hydrogen (secondary N) is 1. The molecule has 1 aliphatic rings. The molecule has 0 aromatic rings. The highest BCUT2D eigenvalue weighted by atomic mass is 16.5. The zero-order valence-electron chi connectivity index (χ0n) is 10.4. The molecule has 5 heteroatoms. The Bertz CT molecular complexity index is 322.